The van der Waals surface area contributed by atoms with Crippen LogP contribution in [0.15, 0.2) is 84.9 Å². The average Bonchev–Trinajstić information content (AvgIpc) is 2.99. The van der Waals surface area contributed by atoms with Crippen molar-refractivity contribution in [2.45, 2.75) is 52.5 Å². The molecular weight excluding hydrogens is 533 g/mol. The van der Waals surface area contributed by atoms with E-state index >= 15 is 0 Å². The summed E-state index contributed by atoms with van der Waals surface area (Å²) in [6, 6.07) is 26.9. The van der Waals surface area contributed by atoms with Crippen LogP contribution in [0.5, 0.6) is 0 Å². The predicted molar refractivity (Wildman–Crippen MR) is 168 cm³/mol. The number of unbranched alkanes of at least 4 members (excludes halogenated alkanes) is 1. The molecule has 220 valence electrons. The van der Waals surface area contributed by atoms with Crippen LogP contribution < -0.4 is 4.90 Å². The van der Waals surface area contributed by atoms with Gasteiger partial charge in [0.05, 0.1) is 7.11 Å². The maximum Gasteiger partial charge on any atom is 0.328 e. The second-order valence-corrected chi connectivity index (χ2v) is 13.8. The minimum atomic E-state index is -3.09. The minimum Gasteiger partial charge on any atom is -0.467 e. The number of anilines is 1. The van der Waals surface area contributed by atoms with E-state index in [1.54, 1.807) is 6.92 Å². The topological polar surface area (TPSA) is 72.9 Å². The Morgan fingerprint density at radius 3 is 1.95 bits per heavy atom. The highest BCUT2D eigenvalue weighted by Crippen LogP contribution is 2.50. The fourth-order valence-corrected chi connectivity index (χ4v) is 7.40. The van der Waals surface area contributed by atoms with E-state index in [4.69, 9.17) is 9.26 Å². The zero-order valence-electron chi connectivity index (χ0n) is 25.0. The Balaban J connectivity index is 1.83. The quantitative estimate of drug-likeness (QED) is 0.104. The third-order valence-corrected chi connectivity index (χ3v) is 10.1. The Labute approximate surface area is 245 Å². The third-order valence-electron chi connectivity index (χ3n) is 7.41. The number of rotatable bonds is 15. The smallest absolute Gasteiger partial charge is 0.328 e. The van der Waals surface area contributed by atoms with Crippen LogP contribution in [-0.2, 0) is 29.8 Å². The number of amides is 1. The van der Waals surface area contributed by atoms with Crippen LogP contribution in [0.3, 0.4) is 0 Å². The highest BCUT2D eigenvalue weighted by atomic mass is 31.2. The highest BCUT2D eigenvalue weighted by molar-refractivity contribution is 7.59. The molecule has 0 aliphatic carbocycles. The summed E-state index contributed by atoms with van der Waals surface area (Å²) in [7, 11) is -0.294. The monoisotopic (exact) mass is 577 g/mol. The van der Waals surface area contributed by atoms with Crippen molar-refractivity contribution in [3.63, 3.8) is 0 Å². The van der Waals surface area contributed by atoms with Gasteiger partial charge in [0, 0.05) is 31.0 Å². The Morgan fingerprint density at radius 1 is 0.805 bits per heavy atom. The van der Waals surface area contributed by atoms with E-state index in [2.05, 4.69) is 12.1 Å². The molecule has 0 N–H and O–H groups in total. The minimum absolute atomic E-state index is 0.137. The van der Waals surface area contributed by atoms with Gasteiger partial charge in [-0.15, -0.1) is 0 Å². The lowest BCUT2D eigenvalue weighted by Crippen LogP contribution is -2.47. The van der Waals surface area contributed by atoms with Gasteiger partial charge in [-0.05, 0) is 67.3 Å². The molecule has 3 atom stereocenters. The Morgan fingerprint density at radius 2 is 1.39 bits per heavy atom. The highest BCUT2D eigenvalue weighted by Gasteiger charge is 2.37. The summed E-state index contributed by atoms with van der Waals surface area (Å²) < 4.78 is 24.6. The zero-order chi connectivity index (χ0) is 29.8. The number of methoxy groups -OCH3 is 1. The number of ether oxygens (including phenoxy) is 1. The van der Waals surface area contributed by atoms with Crippen molar-refractivity contribution >= 4 is 24.9 Å². The summed E-state index contributed by atoms with van der Waals surface area (Å²) in [5.74, 6) is -1.14. The summed E-state index contributed by atoms with van der Waals surface area (Å²) >= 11 is 0. The van der Waals surface area contributed by atoms with Crippen molar-refractivity contribution in [3.8, 4) is 11.1 Å². The number of aryl methyl sites for hydroxylation is 1. The van der Waals surface area contributed by atoms with Crippen LogP contribution in [0.2, 0.25) is 0 Å². The molecule has 3 aromatic carbocycles. The molecule has 3 aromatic rings. The molecule has 0 aromatic heterocycles. The van der Waals surface area contributed by atoms with Crippen LogP contribution in [0.25, 0.3) is 11.1 Å². The zero-order valence-corrected chi connectivity index (χ0v) is 25.9. The average molecular weight is 578 g/mol. The van der Waals surface area contributed by atoms with Gasteiger partial charge in [-0.2, -0.15) is 0 Å². The van der Waals surface area contributed by atoms with Gasteiger partial charge in [0.1, 0.15) is 6.04 Å². The summed E-state index contributed by atoms with van der Waals surface area (Å²) in [4.78, 5) is 28.5. The largest absolute Gasteiger partial charge is 0.467 e. The number of carbonyl (C=O) groups excluding carboxylic acids is 2. The molecule has 0 saturated heterocycles. The van der Waals surface area contributed by atoms with E-state index in [9.17, 15) is 14.2 Å². The van der Waals surface area contributed by atoms with Gasteiger partial charge >= 0.3 is 5.97 Å². The number of esters is 1. The summed E-state index contributed by atoms with van der Waals surface area (Å²) in [5, 5.41) is 0. The lowest BCUT2D eigenvalue weighted by Gasteiger charge is -2.33. The van der Waals surface area contributed by atoms with Crippen molar-refractivity contribution in [3.05, 3.63) is 90.5 Å². The van der Waals surface area contributed by atoms with Crippen molar-refractivity contribution in [2.75, 3.05) is 31.4 Å². The molecule has 0 radical (unpaired) electrons. The van der Waals surface area contributed by atoms with Crippen molar-refractivity contribution in [1.82, 2.24) is 0 Å². The molecule has 2 unspecified atom stereocenters. The van der Waals surface area contributed by atoms with Gasteiger partial charge in [0.25, 0.3) is 0 Å². The molecule has 0 bridgehead atoms. The summed E-state index contributed by atoms with van der Waals surface area (Å²) in [6.07, 6.45) is 3.62. The van der Waals surface area contributed by atoms with E-state index < -0.39 is 25.3 Å². The Hall–Kier alpha value is -3.21. The van der Waals surface area contributed by atoms with Gasteiger partial charge in [0.15, 0.2) is 0 Å². The fourth-order valence-electron chi connectivity index (χ4n) is 5.20. The predicted octanol–water partition coefficient (Wildman–Crippen LogP) is 7.86. The van der Waals surface area contributed by atoms with Crippen LogP contribution in [0, 0.1) is 11.8 Å². The molecule has 0 heterocycles. The first kappa shape index (κ1) is 32.3. The van der Waals surface area contributed by atoms with Gasteiger partial charge in [0.2, 0.25) is 13.3 Å². The number of hydrogen-bond donors (Lipinski definition) is 0. The number of nitrogens with zero attached hydrogens (tertiary/aromatic N) is 1. The molecular formula is C34H44NO5P. The molecule has 41 heavy (non-hydrogen) atoms. The van der Waals surface area contributed by atoms with E-state index in [0.717, 1.165) is 30.4 Å². The first-order valence-electron chi connectivity index (χ1n) is 14.4. The molecule has 0 spiro atoms. The Bertz CT molecular complexity index is 1280. The summed E-state index contributed by atoms with van der Waals surface area (Å²) in [5.41, 5.74) is 3.91. The van der Waals surface area contributed by atoms with Crippen molar-refractivity contribution in [1.29, 1.82) is 0 Å². The number of benzene rings is 3. The molecule has 3 rings (SSSR count). The standard InChI is InChI=1S/C34H44NO5P/c1-26(2)24-31(25-41(38,40-5)23-13-12-16-28-14-8-6-9-15-28)33(36)35(27(3)34(37)39-4)32-21-19-30(20-22-32)29-17-10-7-11-18-29/h6-11,14-15,17-22,26-27,31H,12-13,16,23-25H2,1-5H3/t27-,31?,41?/m0/s1. The fraction of sp³-hybridized carbons (Fsp3) is 0.412. The van der Waals surface area contributed by atoms with Crippen molar-refractivity contribution in [2.24, 2.45) is 11.8 Å². The number of hydrogen-bond acceptors (Lipinski definition) is 5. The van der Waals surface area contributed by atoms with Crippen LogP contribution in [0.4, 0.5) is 5.69 Å². The second kappa shape index (κ2) is 15.7. The van der Waals surface area contributed by atoms with Gasteiger partial charge in [-0.3, -0.25) is 14.3 Å². The van der Waals surface area contributed by atoms with Crippen molar-refractivity contribution < 1.29 is 23.4 Å². The first-order valence-corrected chi connectivity index (χ1v) is 16.4. The van der Waals surface area contributed by atoms with Crippen LogP contribution in [-0.4, -0.2) is 44.5 Å². The SMILES string of the molecule is COC(=O)[C@H](C)N(C(=O)C(CC(C)C)CP(=O)(CCCCc1ccccc1)OC)c1ccc(-c2ccccc2)cc1. The molecule has 0 aliphatic heterocycles. The Kier molecular flexibility index (Phi) is 12.4. The first-order chi connectivity index (χ1) is 19.7. The summed E-state index contributed by atoms with van der Waals surface area (Å²) in [6.45, 7) is 5.75. The molecule has 0 aliphatic rings. The second-order valence-electron chi connectivity index (χ2n) is 11.0. The molecule has 6 nitrogen and oxygen atoms in total. The van der Waals surface area contributed by atoms with Crippen LogP contribution in [0.1, 0.15) is 45.6 Å². The maximum atomic E-state index is 14.2. The molecule has 1 amide bonds. The van der Waals surface area contributed by atoms with Gasteiger partial charge in [-0.1, -0.05) is 86.6 Å². The van der Waals surface area contributed by atoms with E-state index in [0.29, 0.717) is 18.3 Å². The normalized spacial score (nSPS) is 14.2. The molecule has 7 heteroatoms. The molecule has 0 fully saturated rings. The number of carbonyl (C=O) groups is 2. The van der Waals surface area contributed by atoms with E-state index in [1.165, 1.54) is 24.7 Å². The van der Waals surface area contributed by atoms with Crippen LogP contribution >= 0.6 is 7.37 Å². The van der Waals surface area contributed by atoms with E-state index in [-0.39, 0.29) is 18.0 Å². The van der Waals surface area contributed by atoms with Gasteiger partial charge in [-0.25, -0.2) is 4.79 Å². The lowest BCUT2D eigenvalue weighted by molar-refractivity contribution is -0.143. The van der Waals surface area contributed by atoms with Gasteiger partial charge < -0.3 is 9.26 Å². The lowest BCUT2D eigenvalue weighted by atomic mass is 9.96. The maximum absolute atomic E-state index is 14.2. The van der Waals surface area contributed by atoms with E-state index in [1.807, 2.05) is 86.6 Å². The molecule has 0 saturated carbocycles. The third kappa shape index (κ3) is 9.41.